The summed E-state index contributed by atoms with van der Waals surface area (Å²) in [7, 11) is 0. The van der Waals surface area contributed by atoms with Crippen molar-refractivity contribution in [2.45, 2.75) is 33.2 Å². The predicted molar refractivity (Wildman–Crippen MR) is 66.9 cm³/mol. The summed E-state index contributed by atoms with van der Waals surface area (Å²) in [6, 6.07) is 6.52. The van der Waals surface area contributed by atoms with Crippen molar-refractivity contribution in [1.82, 2.24) is 5.32 Å². The van der Waals surface area contributed by atoms with Crippen LogP contribution in [0.1, 0.15) is 37.8 Å². The van der Waals surface area contributed by atoms with Gasteiger partial charge >= 0.3 is 0 Å². The van der Waals surface area contributed by atoms with Gasteiger partial charge in [0.25, 0.3) is 0 Å². The number of nitriles is 1. The molecule has 0 unspecified atom stereocenters. The summed E-state index contributed by atoms with van der Waals surface area (Å²) in [5.74, 6) is 0.281. The zero-order chi connectivity index (χ0) is 12.7. The number of nitrogens with one attached hydrogen (secondary N) is 1. The average Bonchev–Trinajstić information content (AvgIpc) is 2.30. The standard InChI is InChI=1S/C14H19FN2/c1-11(2)4-3-7-17-10-12-5-6-14(15)13(8-12)9-16/h5-6,8,11,17H,3-4,7,10H2,1-2H3. The molecule has 0 aliphatic carbocycles. The van der Waals surface area contributed by atoms with E-state index in [2.05, 4.69) is 19.2 Å². The van der Waals surface area contributed by atoms with Gasteiger partial charge in [-0.1, -0.05) is 19.9 Å². The molecule has 0 radical (unpaired) electrons. The number of halogens is 1. The summed E-state index contributed by atoms with van der Waals surface area (Å²) >= 11 is 0. The molecule has 0 spiro atoms. The lowest BCUT2D eigenvalue weighted by Crippen LogP contribution is -2.15. The third kappa shape index (κ3) is 4.97. The van der Waals surface area contributed by atoms with Gasteiger partial charge in [0.15, 0.2) is 0 Å². The minimum atomic E-state index is -0.448. The molecule has 0 bridgehead atoms. The molecule has 1 aromatic rings. The number of hydrogen-bond acceptors (Lipinski definition) is 2. The summed E-state index contributed by atoms with van der Waals surface area (Å²) in [5.41, 5.74) is 1.07. The number of hydrogen-bond donors (Lipinski definition) is 1. The van der Waals surface area contributed by atoms with Gasteiger partial charge in [-0.05, 0) is 43.0 Å². The number of benzene rings is 1. The van der Waals surface area contributed by atoms with Crippen LogP contribution in [0.2, 0.25) is 0 Å². The fraction of sp³-hybridized carbons (Fsp3) is 0.500. The molecule has 0 aliphatic heterocycles. The van der Waals surface area contributed by atoms with Gasteiger partial charge in [-0.15, -0.1) is 0 Å². The van der Waals surface area contributed by atoms with Crippen LogP contribution in [0, 0.1) is 23.1 Å². The zero-order valence-corrected chi connectivity index (χ0v) is 10.5. The van der Waals surface area contributed by atoms with Gasteiger partial charge in [0, 0.05) is 6.54 Å². The molecule has 0 fully saturated rings. The van der Waals surface area contributed by atoms with Gasteiger partial charge in [-0.3, -0.25) is 0 Å². The monoisotopic (exact) mass is 234 g/mol. The largest absolute Gasteiger partial charge is 0.313 e. The van der Waals surface area contributed by atoms with Gasteiger partial charge in [0.1, 0.15) is 11.9 Å². The Morgan fingerprint density at radius 3 is 2.82 bits per heavy atom. The molecule has 3 heteroatoms. The van der Waals surface area contributed by atoms with E-state index in [4.69, 9.17) is 5.26 Å². The number of nitrogens with zero attached hydrogens (tertiary/aromatic N) is 1. The van der Waals surface area contributed by atoms with Crippen molar-refractivity contribution in [1.29, 1.82) is 5.26 Å². The van der Waals surface area contributed by atoms with E-state index in [-0.39, 0.29) is 5.56 Å². The van der Waals surface area contributed by atoms with Gasteiger partial charge < -0.3 is 5.32 Å². The minimum Gasteiger partial charge on any atom is -0.313 e. The van der Waals surface area contributed by atoms with Crippen LogP contribution in [-0.2, 0) is 6.54 Å². The van der Waals surface area contributed by atoms with Crippen molar-refractivity contribution < 1.29 is 4.39 Å². The van der Waals surface area contributed by atoms with E-state index >= 15 is 0 Å². The van der Waals surface area contributed by atoms with Gasteiger partial charge in [0.05, 0.1) is 5.56 Å². The summed E-state index contributed by atoms with van der Waals surface area (Å²) in [6.45, 7) is 6.06. The lowest BCUT2D eigenvalue weighted by Gasteiger charge is -2.07. The molecule has 0 saturated heterocycles. The smallest absolute Gasteiger partial charge is 0.140 e. The topological polar surface area (TPSA) is 35.8 Å². The highest BCUT2D eigenvalue weighted by atomic mass is 19.1. The summed E-state index contributed by atoms with van der Waals surface area (Å²) in [5, 5.41) is 12.0. The van der Waals surface area contributed by atoms with E-state index < -0.39 is 5.82 Å². The molecule has 92 valence electrons. The third-order valence-corrected chi connectivity index (χ3v) is 2.62. The first-order valence-electron chi connectivity index (χ1n) is 6.02. The van der Waals surface area contributed by atoms with Crippen molar-refractivity contribution >= 4 is 0 Å². The van der Waals surface area contributed by atoms with Crippen LogP contribution in [0.5, 0.6) is 0 Å². The maximum atomic E-state index is 13.1. The van der Waals surface area contributed by atoms with Gasteiger partial charge in [-0.25, -0.2) is 4.39 Å². The Kier molecular flexibility index (Phi) is 5.65. The highest BCUT2D eigenvalue weighted by Crippen LogP contribution is 2.09. The second kappa shape index (κ2) is 7.03. The Morgan fingerprint density at radius 2 is 2.18 bits per heavy atom. The lowest BCUT2D eigenvalue weighted by atomic mass is 10.1. The van der Waals surface area contributed by atoms with Crippen LogP contribution in [0.25, 0.3) is 0 Å². The SMILES string of the molecule is CC(C)CCCNCc1ccc(F)c(C#N)c1. The predicted octanol–water partition coefficient (Wildman–Crippen LogP) is 3.22. The maximum Gasteiger partial charge on any atom is 0.140 e. The Hall–Kier alpha value is -1.40. The van der Waals surface area contributed by atoms with Crippen LogP contribution < -0.4 is 5.32 Å². The Balaban J connectivity index is 2.35. The summed E-state index contributed by atoms with van der Waals surface area (Å²) in [6.07, 6.45) is 2.35. The van der Waals surface area contributed by atoms with E-state index in [9.17, 15) is 4.39 Å². The third-order valence-electron chi connectivity index (χ3n) is 2.62. The molecule has 0 aromatic heterocycles. The lowest BCUT2D eigenvalue weighted by molar-refractivity contribution is 0.527. The van der Waals surface area contributed by atoms with Crippen molar-refractivity contribution in [3.05, 3.63) is 35.1 Å². The molecule has 1 rings (SSSR count). The minimum absolute atomic E-state index is 0.117. The average molecular weight is 234 g/mol. The Morgan fingerprint density at radius 1 is 1.41 bits per heavy atom. The Labute approximate surface area is 102 Å². The fourth-order valence-electron chi connectivity index (χ4n) is 1.64. The van der Waals surface area contributed by atoms with Crippen LogP contribution in [0.15, 0.2) is 18.2 Å². The molecular weight excluding hydrogens is 215 g/mol. The molecule has 2 nitrogen and oxygen atoms in total. The molecule has 0 heterocycles. The van der Waals surface area contributed by atoms with Gasteiger partial charge in [-0.2, -0.15) is 5.26 Å². The van der Waals surface area contributed by atoms with Crippen molar-refractivity contribution in [3.63, 3.8) is 0 Å². The number of rotatable bonds is 6. The first-order chi connectivity index (χ1) is 8.13. The normalized spacial score (nSPS) is 10.5. The summed E-state index contributed by atoms with van der Waals surface area (Å²) < 4.78 is 13.1. The fourth-order valence-corrected chi connectivity index (χ4v) is 1.64. The van der Waals surface area contributed by atoms with Crippen LogP contribution in [0.4, 0.5) is 4.39 Å². The maximum absolute atomic E-state index is 13.1. The molecule has 1 aromatic carbocycles. The Bertz CT molecular complexity index is 394. The van der Waals surface area contributed by atoms with Crippen molar-refractivity contribution in [2.24, 2.45) is 5.92 Å². The van der Waals surface area contributed by atoms with Gasteiger partial charge in [0.2, 0.25) is 0 Å². The molecule has 1 N–H and O–H groups in total. The molecule has 0 atom stereocenters. The second-order valence-corrected chi connectivity index (χ2v) is 4.64. The van der Waals surface area contributed by atoms with E-state index in [0.29, 0.717) is 6.54 Å². The van der Waals surface area contributed by atoms with Crippen LogP contribution in [0.3, 0.4) is 0 Å². The first-order valence-corrected chi connectivity index (χ1v) is 6.02. The summed E-state index contributed by atoms with van der Waals surface area (Å²) in [4.78, 5) is 0. The molecule has 17 heavy (non-hydrogen) atoms. The molecule has 0 aliphatic rings. The molecular formula is C14H19FN2. The van der Waals surface area contributed by atoms with Crippen molar-refractivity contribution in [2.75, 3.05) is 6.54 Å². The van der Waals surface area contributed by atoms with E-state index in [1.807, 2.05) is 6.07 Å². The molecule has 0 saturated carbocycles. The highest BCUT2D eigenvalue weighted by molar-refractivity contribution is 5.34. The van der Waals surface area contributed by atoms with Crippen LogP contribution >= 0.6 is 0 Å². The van der Waals surface area contributed by atoms with Crippen molar-refractivity contribution in [3.8, 4) is 6.07 Å². The van der Waals surface area contributed by atoms with E-state index in [1.165, 1.54) is 12.5 Å². The molecule has 0 amide bonds. The van der Waals surface area contributed by atoms with Crippen LogP contribution in [-0.4, -0.2) is 6.54 Å². The quantitative estimate of drug-likeness (QED) is 0.767. The first kappa shape index (κ1) is 13.7. The second-order valence-electron chi connectivity index (χ2n) is 4.64. The van der Waals surface area contributed by atoms with E-state index in [0.717, 1.165) is 24.4 Å². The highest BCUT2D eigenvalue weighted by Gasteiger charge is 2.02. The van der Waals surface area contributed by atoms with E-state index in [1.54, 1.807) is 12.1 Å². The zero-order valence-electron chi connectivity index (χ0n) is 10.5.